The van der Waals surface area contributed by atoms with Gasteiger partial charge in [0.1, 0.15) is 0 Å². The molecule has 0 aliphatic carbocycles. The van der Waals surface area contributed by atoms with Crippen molar-refractivity contribution in [3.8, 4) is 11.5 Å². The first kappa shape index (κ1) is 14.4. The lowest BCUT2D eigenvalue weighted by Crippen LogP contribution is -2.12. The van der Waals surface area contributed by atoms with Crippen molar-refractivity contribution in [3.63, 3.8) is 0 Å². The van der Waals surface area contributed by atoms with E-state index in [1.165, 1.54) is 10.4 Å². The molecule has 3 nitrogen and oxygen atoms in total. The summed E-state index contributed by atoms with van der Waals surface area (Å²) in [6, 6.07) is 8.03. The van der Waals surface area contributed by atoms with Crippen LogP contribution in [0.5, 0.6) is 11.5 Å². The van der Waals surface area contributed by atoms with Gasteiger partial charge in [-0.05, 0) is 45.1 Å². The lowest BCUT2D eigenvalue weighted by molar-refractivity contribution is 0.354. The highest BCUT2D eigenvalue weighted by Crippen LogP contribution is 2.27. The fourth-order valence-corrected chi connectivity index (χ4v) is 3.22. The van der Waals surface area contributed by atoms with Gasteiger partial charge in [-0.1, -0.05) is 6.07 Å². The topological polar surface area (TPSA) is 30.5 Å². The Morgan fingerprint density at radius 3 is 2.53 bits per heavy atom. The number of halogens is 1. The SMILES string of the molecule is COc1ccc(CNCc2sccc2Br)cc1OC. The summed E-state index contributed by atoms with van der Waals surface area (Å²) in [5.41, 5.74) is 1.17. The predicted octanol–water partition coefficient (Wildman–Crippen LogP) is 3.82. The van der Waals surface area contributed by atoms with Crippen LogP contribution in [0.2, 0.25) is 0 Å². The third-order valence-electron chi connectivity index (χ3n) is 2.75. The summed E-state index contributed by atoms with van der Waals surface area (Å²) < 4.78 is 11.7. The number of rotatable bonds is 6. The summed E-state index contributed by atoms with van der Waals surface area (Å²) in [5, 5.41) is 5.50. The van der Waals surface area contributed by atoms with Crippen LogP contribution in [-0.4, -0.2) is 14.2 Å². The van der Waals surface area contributed by atoms with Gasteiger partial charge in [-0.15, -0.1) is 11.3 Å². The van der Waals surface area contributed by atoms with E-state index in [2.05, 4.69) is 32.7 Å². The van der Waals surface area contributed by atoms with E-state index in [0.717, 1.165) is 29.1 Å². The number of thiophene rings is 1. The molecular formula is C14H16BrNO2S. The summed E-state index contributed by atoms with van der Waals surface area (Å²) in [6.07, 6.45) is 0. The first-order valence-electron chi connectivity index (χ1n) is 5.88. The Hall–Kier alpha value is -1.04. The second-order valence-electron chi connectivity index (χ2n) is 3.98. The van der Waals surface area contributed by atoms with Crippen molar-refractivity contribution in [2.75, 3.05) is 14.2 Å². The maximum Gasteiger partial charge on any atom is 0.161 e. The molecule has 0 atom stereocenters. The van der Waals surface area contributed by atoms with E-state index in [0.29, 0.717) is 0 Å². The van der Waals surface area contributed by atoms with Crippen LogP contribution in [0.4, 0.5) is 0 Å². The van der Waals surface area contributed by atoms with Gasteiger partial charge in [-0.25, -0.2) is 0 Å². The molecule has 0 unspecified atom stereocenters. The summed E-state index contributed by atoms with van der Waals surface area (Å²) in [4.78, 5) is 1.31. The van der Waals surface area contributed by atoms with Crippen molar-refractivity contribution in [3.05, 3.63) is 44.6 Å². The summed E-state index contributed by atoms with van der Waals surface area (Å²) in [6.45, 7) is 1.65. The van der Waals surface area contributed by atoms with Crippen molar-refractivity contribution in [1.29, 1.82) is 0 Å². The van der Waals surface area contributed by atoms with E-state index in [1.54, 1.807) is 25.6 Å². The molecule has 102 valence electrons. The molecule has 1 aromatic carbocycles. The molecule has 0 bridgehead atoms. The van der Waals surface area contributed by atoms with Gasteiger partial charge in [0.25, 0.3) is 0 Å². The smallest absolute Gasteiger partial charge is 0.161 e. The maximum absolute atomic E-state index is 5.29. The molecule has 0 aliphatic rings. The number of ether oxygens (including phenoxy) is 2. The second kappa shape index (κ2) is 6.93. The maximum atomic E-state index is 5.29. The molecule has 0 amide bonds. The second-order valence-corrected chi connectivity index (χ2v) is 5.84. The number of hydrogen-bond donors (Lipinski definition) is 1. The minimum Gasteiger partial charge on any atom is -0.493 e. The van der Waals surface area contributed by atoms with Crippen LogP contribution in [0, 0.1) is 0 Å². The van der Waals surface area contributed by atoms with E-state index in [1.807, 2.05) is 18.2 Å². The van der Waals surface area contributed by atoms with Crippen LogP contribution in [0.1, 0.15) is 10.4 Å². The molecule has 1 N–H and O–H groups in total. The molecule has 2 aromatic rings. The molecule has 0 aliphatic heterocycles. The Morgan fingerprint density at radius 1 is 1.11 bits per heavy atom. The zero-order valence-corrected chi connectivity index (χ0v) is 13.3. The van der Waals surface area contributed by atoms with Gasteiger partial charge in [0.2, 0.25) is 0 Å². The number of nitrogens with one attached hydrogen (secondary N) is 1. The molecule has 0 spiro atoms. The van der Waals surface area contributed by atoms with Crippen LogP contribution in [0.25, 0.3) is 0 Å². The summed E-state index contributed by atoms with van der Waals surface area (Å²) >= 11 is 5.27. The molecule has 5 heteroatoms. The zero-order chi connectivity index (χ0) is 13.7. The molecule has 1 aromatic heterocycles. The first-order chi connectivity index (χ1) is 9.24. The van der Waals surface area contributed by atoms with E-state index in [4.69, 9.17) is 9.47 Å². The highest BCUT2D eigenvalue weighted by Gasteiger charge is 2.05. The Bertz CT molecular complexity index is 542. The Kier molecular flexibility index (Phi) is 5.24. The molecule has 2 rings (SSSR count). The normalized spacial score (nSPS) is 10.5. The van der Waals surface area contributed by atoms with E-state index in [9.17, 15) is 0 Å². The highest BCUT2D eigenvalue weighted by molar-refractivity contribution is 9.10. The molecular weight excluding hydrogens is 326 g/mol. The van der Waals surface area contributed by atoms with Crippen molar-refractivity contribution < 1.29 is 9.47 Å². The highest BCUT2D eigenvalue weighted by atomic mass is 79.9. The molecule has 0 radical (unpaired) electrons. The molecule has 0 saturated heterocycles. The summed E-state index contributed by atoms with van der Waals surface area (Å²) in [7, 11) is 3.29. The predicted molar refractivity (Wildman–Crippen MR) is 82.1 cm³/mol. The molecule has 1 heterocycles. The summed E-state index contributed by atoms with van der Waals surface area (Å²) in [5.74, 6) is 1.52. The Labute approximate surface area is 125 Å². The minimum absolute atomic E-state index is 0.757. The van der Waals surface area contributed by atoms with Crippen LogP contribution in [-0.2, 0) is 13.1 Å². The van der Waals surface area contributed by atoms with Crippen LogP contribution < -0.4 is 14.8 Å². The fourth-order valence-electron chi connectivity index (χ4n) is 1.76. The fraction of sp³-hybridized carbons (Fsp3) is 0.286. The van der Waals surface area contributed by atoms with E-state index >= 15 is 0 Å². The number of benzene rings is 1. The van der Waals surface area contributed by atoms with Gasteiger partial charge >= 0.3 is 0 Å². The third kappa shape index (κ3) is 3.72. The van der Waals surface area contributed by atoms with Crippen molar-refractivity contribution in [2.24, 2.45) is 0 Å². The molecule has 0 saturated carbocycles. The van der Waals surface area contributed by atoms with Gasteiger partial charge in [0.15, 0.2) is 11.5 Å². The standard InChI is InChI=1S/C14H16BrNO2S/c1-17-12-4-3-10(7-13(12)18-2)8-16-9-14-11(15)5-6-19-14/h3-7,16H,8-9H2,1-2H3. The van der Waals surface area contributed by atoms with Crippen LogP contribution in [0.3, 0.4) is 0 Å². The number of methoxy groups -OCH3 is 2. The van der Waals surface area contributed by atoms with E-state index < -0.39 is 0 Å². The average molecular weight is 342 g/mol. The van der Waals surface area contributed by atoms with E-state index in [-0.39, 0.29) is 0 Å². The third-order valence-corrected chi connectivity index (χ3v) is 4.68. The monoisotopic (exact) mass is 341 g/mol. The van der Waals surface area contributed by atoms with Gasteiger partial charge in [-0.3, -0.25) is 0 Å². The van der Waals surface area contributed by atoms with Gasteiger partial charge in [0.05, 0.1) is 14.2 Å². The quantitative estimate of drug-likeness (QED) is 0.866. The van der Waals surface area contributed by atoms with Gasteiger partial charge < -0.3 is 14.8 Å². The molecule has 19 heavy (non-hydrogen) atoms. The minimum atomic E-state index is 0.757. The largest absolute Gasteiger partial charge is 0.493 e. The van der Waals surface area contributed by atoms with Gasteiger partial charge in [0, 0.05) is 22.4 Å². The van der Waals surface area contributed by atoms with Crippen molar-refractivity contribution in [1.82, 2.24) is 5.32 Å². The van der Waals surface area contributed by atoms with Gasteiger partial charge in [-0.2, -0.15) is 0 Å². The lowest BCUT2D eigenvalue weighted by atomic mass is 10.2. The Morgan fingerprint density at radius 2 is 1.89 bits per heavy atom. The zero-order valence-electron chi connectivity index (χ0n) is 10.9. The van der Waals surface area contributed by atoms with Crippen LogP contribution >= 0.6 is 27.3 Å². The molecule has 0 fully saturated rings. The lowest BCUT2D eigenvalue weighted by Gasteiger charge is -2.10. The van der Waals surface area contributed by atoms with Crippen molar-refractivity contribution in [2.45, 2.75) is 13.1 Å². The average Bonchev–Trinajstić information content (AvgIpc) is 2.84. The number of hydrogen-bond acceptors (Lipinski definition) is 4. The van der Waals surface area contributed by atoms with Crippen LogP contribution in [0.15, 0.2) is 34.1 Å². The Balaban J connectivity index is 1.94. The first-order valence-corrected chi connectivity index (χ1v) is 7.55. The van der Waals surface area contributed by atoms with Crippen molar-refractivity contribution >= 4 is 27.3 Å².